The first-order chi connectivity index (χ1) is 9.08. The summed E-state index contributed by atoms with van der Waals surface area (Å²) in [6.45, 7) is 0.286. The van der Waals surface area contributed by atoms with E-state index in [1.807, 2.05) is 6.07 Å². The summed E-state index contributed by atoms with van der Waals surface area (Å²) in [5.74, 6) is -0.417. The monoisotopic (exact) mass is 294 g/mol. The van der Waals surface area contributed by atoms with Gasteiger partial charge in [0.1, 0.15) is 5.82 Å². The van der Waals surface area contributed by atoms with Gasteiger partial charge in [-0.15, -0.1) is 0 Å². The van der Waals surface area contributed by atoms with Crippen molar-refractivity contribution in [1.82, 2.24) is 0 Å². The number of hydrogen-bond donors (Lipinski definition) is 1. The van der Waals surface area contributed by atoms with Crippen LogP contribution in [0.4, 0.5) is 10.1 Å². The summed E-state index contributed by atoms with van der Waals surface area (Å²) in [6, 6.07) is 11.3. The van der Waals surface area contributed by atoms with E-state index in [2.05, 4.69) is 5.32 Å². The fourth-order valence-electron chi connectivity index (χ4n) is 1.61. The van der Waals surface area contributed by atoms with Gasteiger partial charge < -0.3 is 5.32 Å². The highest BCUT2D eigenvalue weighted by molar-refractivity contribution is 6.35. The van der Waals surface area contributed by atoms with Crippen LogP contribution >= 0.6 is 23.2 Å². The fraction of sp³-hybridized carbons (Fsp3) is 0.0714. The zero-order chi connectivity index (χ0) is 13.8. The summed E-state index contributed by atoms with van der Waals surface area (Å²) < 4.78 is 13.7. The maximum atomic E-state index is 13.7. The number of nitriles is 1. The van der Waals surface area contributed by atoms with Crippen LogP contribution in [0.25, 0.3) is 0 Å². The SMILES string of the molecule is N#Cc1ccc(CNc2cc(Cl)cc(Cl)c2)c(F)c1. The minimum atomic E-state index is -0.417. The molecule has 0 aromatic heterocycles. The Bertz CT molecular complexity index is 630. The Morgan fingerprint density at radius 3 is 2.37 bits per heavy atom. The zero-order valence-electron chi connectivity index (χ0n) is 9.75. The van der Waals surface area contributed by atoms with Crippen molar-refractivity contribution >= 4 is 28.9 Å². The highest BCUT2D eigenvalue weighted by Crippen LogP contribution is 2.23. The molecular weight excluding hydrogens is 286 g/mol. The number of hydrogen-bond acceptors (Lipinski definition) is 2. The lowest BCUT2D eigenvalue weighted by molar-refractivity contribution is 0.612. The summed E-state index contributed by atoms with van der Waals surface area (Å²) >= 11 is 11.7. The van der Waals surface area contributed by atoms with Crippen LogP contribution in [0.1, 0.15) is 11.1 Å². The largest absolute Gasteiger partial charge is 0.381 e. The summed E-state index contributed by atoms with van der Waals surface area (Å²) in [7, 11) is 0. The predicted octanol–water partition coefficient (Wildman–Crippen LogP) is 4.62. The third-order valence-electron chi connectivity index (χ3n) is 2.53. The van der Waals surface area contributed by atoms with Crippen molar-refractivity contribution < 1.29 is 4.39 Å². The average Bonchev–Trinajstić information content (AvgIpc) is 2.36. The van der Waals surface area contributed by atoms with Crippen LogP contribution in [-0.2, 0) is 6.54 Å². The highest BCUT2D eigenvalue weighted by Gasteiger charge is 2.04. The lowest BCUT2D eigenvalue weighted by Gasteiger charge is -2.08. The molecule has 0 amide bonds. The van der Waals surface area contributed by atoms with Gasteiger partial charge >= 0.3 is 0 Å². The Morgan fingerprint density at radius 2 is 1.79 bits per heavy atom. The van der Waals surface area contributed by atoms with Gasteiger partial charge in [0.2, 0.25) is 0 Å². The Balaban J connectivity index is 2.12. The Morgan fingerprint density at radius 1 is 1.11 bits per heavy atom. The molecule has 2 nitrogen and oxygen atoms in total. The molecule has 1 N–H and O–H groups in total. The molecule has 0 atom stereocenters. The third kappa shape index (κ3) is 3.60. The molecule has 5 heteroatoms. The first-order valence-corrected chi connectivity index (χ1v) is 6.22. The van der Waals surface area contributed by atoms with Gasteiger partial charge in [0.05, 0.1) is 11.6 Å². The predicted molar refractivity (Wildman–Crippen MR) is 74.9 cm³/mol. The van der Waals surface area contributed by atoms with Crippen LogP contribution < -0.4 is 5.32 Å². The number of halogens is 3. The maximum Gasteiger partial charge on any atom is 0.129 e. The molecular formula is C14H9Cl2FN2. The molecule has 0 fully saturated rings. The fourth-order valence-corrected chi connectivity index (χ4v) is 2.14. The average molecular weight is 295 g/mol. The Kier molecular flexibility index (Phi) is 4.26. The molecule has 0 aliphatic heterocycles. The minimum absolute atomic E-state index is 0.286. The van der Waals surface area contributed by atoms with E-state index in [4.69, 9.17) is 28.5 Å². The van der Waals surface area contributed by atoms with E-state index in [1.165, 1.54) is 6.07 Å². The van der Waals surface area contributed by atoms with Gasteiger partial charge in [0.15, 0.2) is 0 Å². The van der Waals surface area contributed by atoms with Gasteiger partial charge in [-0.05, 0) is 30.3 Å². The van der Waals surface area contributed by atoms with E-state index in [0.29, 0.717) is 26.9 Å². The quantitative estimate of drug-likeness (QED) is 0.897. The van der Waals surface area contributed by atoms with Gasteiger partial charge in [-0.2, -0.15) is 5.26 Å². The van der Waals surface area contributed by atoms with E-state index in [1.54, 1.807) is 30.3 Å². The van der Waals surface area contributed by atoms with Crippen LogP contribution in [0.3, 0.4) is 0 Å². The van der Waals surface area contributed by atoms with Crippen molar-refractivity contribution in [2.24, 2.45) is 0 Å². The third-order valence-corrected chi connectivity index (χ3v) is 2.96. The van der Waals surface area contributed by atoms with Gasteiger partial charge in [0, 0.05) is 27.8 Å². The van der Waals surface area contributed by atoms with E-state index >= 15 is 0 Å². The summed E-state index contributed by atoms with van der Waals surface area (Å²) in [5, 5.41) is 12.7. The lowest BCUT2D eigenvalue weighted by Crippen LogP contribution is -2.02. The van der Waals surface area contributed by atoms with Gasteiger partial charge in [0.25, 0.3) is 0 Å². The molecule has 0 aliphatic rings. The molecule has 2 aromatic carbocycles. The lowest BCUT2D eigenvalue weighted by atomic mass is 10.1. The van der Waals surface area contributed by atoms with Crippen LogP contribution in [0.2, 0.25) is 10.0 Å². The number of nitrogens with one attached hydrogen (secondary N) is 1. The number of anilines is 1. The van der Waals surface area contributed by atoms with Crippen molar-refractivity contribution in [3.8, 4) is 6.07 Å². The molecule has 2 aromatic rings. The Hall–Kier alpha value is -1.76. The van der Waals surface area contributed by atoms with Crippen LogP contribution in [0, 0.1) is 17.1 Å². The maximum absolute atomic E-state index is 13.7. The number of nitrogens with zero attached hydrogens (tertiary/aromatic N) is 1. The first kappa shape index (κ1) is 13.7. The van der Waals surface area contributed by atoms with E-state index in [0.717, 1.165) is 0 Å². The molecule has 0 aliphatic carbocycles. The Labute approximate surface area is 120 Å². The molecule has 0 unspecified atom stereocenters. The molecule has 2 rings (SSSR count). The van der Waals surface area contributed by atoms with Crippen molar-refractivity contribution in [3.63, 3.8) is 0 Å². The summed E-state index contributed by atoms with van der Waals surface area (Å²) in [4.78, 5) is 0. The minimum Gasteiger partial charge on any atom is -0.381 e. The zero-order valence-corrected chi connectivity index (χ0v) is 11.3. The summed E-state index contributed by atoms with van der Waals surface area (Å²) in [5.41, 5.74) is 1.48. The van der Waals surface area contributed by atoms with Gasteiger partial charge in [-0.25, -0.2) is 4.39 Å². The van der Waals surface area contributed by atoms with Crippen molar-refractivity contribution in [2.45, 2.75) is 6.54 Å². The highest BCUT2D eigenvalue weighted by atomic mass is 35.5. The number of rotatable bonds is 3. The second kappa shape index (κ2) is 5.92. The number of benzene rings is 2. The van der Waals surface area contributed by atoms with Crippen molar-refractivity contribution in [1.29, 1.82) is 5.26 Å². The molecule has 96 valence electrons. The molecule has 0 heterocycles. The molecule has 0 spiro atoms. The topological polar surface area (TPSA) is 35.8 Å². The summed E-state index contributed by atoms with van der Waals surface area (Å²) in [6.07, 6.45) is 0. The van der Waals surface area contributed by atoms with Crippen LogP contribution in [-0.4, -0.2) is 0 Å². The molecule has 0 radical (unpaired) electrons. The van der Waals surface area contributed by atoms with Crippen molar-refractivity contribution in [2.75, 3.05) is 5.32 Å². The molecule has 0 bridgehead atoms. The normalized spacial score (nSPS) is 10.0. The molecule has 0 saturated carbocycles. The second-order valence-corrected chi connectivity index (χ2v) is 4.80. The van der Waals surface area contributed by atoms with E-state index in [-0.39, 0.29) is 6.54 Å². The standard InChI is InChI=1S/C14H9Cl2FN2/c15-11-4-12(16)6-13(5-11)19-8-10-2-1-9(7-18)3-14(10)17/h1-6,19H,8H2. The van der Waals surface area contributed by atoms with E-state index < -0.39 is 5.82 Å². The first-order valence-electron chi connectivity index (χ1n) is 5.47. The van der Waals surface area contributed by atoms with E-state index in [9.17, 15) is 4.39 Å². The van der Waals surface area contributed by atoms with Crippen LogP contribution in [0.5, 0.6) is 0 Å². The van der Waals surface area contributed by atoms with Gasteiger partial charge in [-0.1, -0.05) is 29.3 Å². The van der Waals surface area contributed by atoms with Crippen LogP contribution in [0.15, 0.2) is 36.4 Å². The molecule has 0 saturated heterocycles. The molecule has 19 heavy (non-hydrogen) atoms. The second-order valence-electron chi connectivity index (χ2n) is 3.93. The van der Waals surface area contributed by atoms with Crippen molar-refractivity contribution in [3.05, 3.63) is 63.4 Å². The van der Waals surface area contributed by atoms with Gasteiger partial charge in [-0.3, -0.25) is 0 Å². The smallest absolute Gasteiger partial charge is 0.129 e.